The fourth-order valence-corrected chi connectivity index (χ4v) is 0. The SMILES string of the molecule is [C-]#N.[C-]#N.[K+].[NH4+]. The molecule has 4 N–H and O–H groups in total. The van der Waals surface area contributed by atoms with Gasteiger partial charge in [-0.25, -0.2) is 0 Å². The molecule has 0 saturated carbocycles. The van der Waals surface area contributed by atoms with Crippen molar-refractivity contribution in [2.24, 2.45) is 0 Å². The van der Waals surface area contributed by atoms with E-state index in [2.05, 4.69) is 0 Å². The van der Waals surface area contributed by atoms with Crippen LogP contribution < -0.4 is 57.5 Å². The molecule has 0 aliphatic carbocycles. The second-order valence-corrected chi connectivity index (χ2v) is 0. The summed E-state index contributed by atoms with van der Waals surface area (Å²) in [7, 11) is 0. The van der Waals surface area contributed by atoms with Crippen molar-refractivity contribution >= 4 is 0 Å². The molecule has 0 spiro atoms. The van der Waals surface area contributed by atoms with Crippen molar-refractivity contribution in [1.29, 1.82) is 10.5 Å². The predicted molar refractivity (Wildman–Crippen MR) is 15.9 cm³/mol. The molecule has 0 atom stereocenters. The molecule has 0 unspecified atom stereocenters. The second kappa shape index (κ2) is 352. The summed E-state index contributed by atoms with van der Waals surface area (Å²) in [5.41, 5.74) is 0. The van der Waals surface area contributed by atoms with Crippen LogP contribution in [0.2, 0.25) is 0 Å². The standard InChI is InChI=1S/2CN.K.H3N/c2*1-2;;/h;;;1H3/q2*-1;+1;/p+1. The molecule has 0 aromatic rings. The monoisotopic (exact) mass is 109 g/mol. The number of quaternary nitrogens is 1. The van der Waals surface area contributed by atoms with Gasteiger partial charge in [-0.1, -0.05) is 0 Å². The van der Waals surface area contributed by atoms with Crippen LogP contribution in [-0.4, -0.2) is 0 Å². The summed E-state index contributed by atoms with van der Waals surface area (Å²) in [5, 5.41) is 12.5. The fourth-order valence-electron chi connectivity index (χ4n) is 0. The van der Waals surface area contributed by atoms with Crippen molar-refractivity contribution < 1.29 is 51.4 Å². The van der Waals surface area contributed by atoms with Crippen molar-refractivity contribution in [3.05, 3.63) is 13.1 Å². The van der Waals surface area contributed by atoms with Gasteiger partial charge in [-0.2, -0.15) is 0 Å². The third-order valence-electron chi connectivity index (χ3n) is 0. The molecular formula is C2H4KN3. The van der Waals surface area contributed by atoms with Gasteiger partial charge in [0.2, 0.25) is 0 Å². The van der Waals surface area contributed by atoms with Gasteiger partial charge < -0.3 is 29.8 Å². The first-order chi connectivity index (χ1) is 2.00. The van der Waals surface area contributed by atoms with Gasteiger partial charge >= 0.3 is 51.4 Å². The van der Waals surface area contributed by atoms with Crippen molar-refractivity contribution in [1.82, 2.24) is 6.15 Å². The minimum absolute atomic E-state index is 0. The molecular weight excluding hydrogens is 105 g/mol. The fraction of sp³-hybridized carbons (Fsp3) is 0. The molecule has 0 aromatic heterocycles. The van der Waals surface area contributed by atoms with Crippen LogP contribution in [0.1, 0.15) is 0 Å². The molecule has 0 radical (unpaired) electrons. The zero-order chi connectivity index (χ0) is 4.00. The Hall–Kier alpha value is 0.576. The zero-order valence-corrected chi connectivity index (χ0v) is 7.02. The minimum Gasteiger partial charge on any atom is -0.512 e. The van der Waals surface area contributed by atoms with E-state index in [0.29, 0.717) is 0 Å². The molecule has 0 bridgehead atoms. The van der Waals surface area contributed by atoms with E-state index in [1.165, 1.54) is 0 Å². The van der Waals surface area contributed by atoms with Crippen LogP contribution >= 0.6 is 0 Å². The molecule has 0 aliphatic rings. The molecule has 0 amide bonds. The summed E-state index contributed by atoms with van der Waals surface area (Å²) >= 11 is 0. The zero-order valence-electron chi connectivity index (χ0n) is 3.89. The Kier molecular flexibility index (Phi) is 1810. The van der Waals surface area contributed by atoms with Crippen LogP contribution in [0.5, 0.6) is 0 Å². The molecule has 0 aromatic carbocycles. The van der Waals surface area contributed by atoms with E-state index < -0.39 is 0 Å². The maximum absolute atomic E-state index is 6.25. The number of hydrogen-bond acceptors (Lipinski definition) is 2. The Bertz CT molecular complexity index is 24.3. The van der Waals surface area contributed by atoms with Gasteiger partial charge in [0.15, 0.2) is 0 Å². The van der Waals surface area contributed by atoms with Crippen molar-refractivity contribution in [3.63, 3.8) is 0 Å². The van der Waals surface area contributed by atoms with Gasteiger partial charge in [0.1, 0.15) is 0 Å². The normalized spacial score (nSPS) is 0.667. The van der Waals surface area contributed by atoms with Crippen LogP contribution in [0.3, 0.4) is 0 Å². The smallest absolute Gasteiger partial charge is 0.512 e. The van der Waals surface area contributed by atoms with E-state index in [9.17, 15) is 0 Å². The molecule has 0 saturated heterocycles. The van der Waals surface area contributed by atoms with Crippen LogP contribution in [0, 0.1) is 23.7 Å². The Morgan fingerprint density at radius 3 is 0.833 bits per heavy atom. The van der Waals surface area contributed by atoms with E-state index in [1.807, 2.05) is 0 Å². The number of nitrogens with zero attached hydrogens (tertiary/aromatic N) is 2. The van der Waals surface area contributed by atoms with Crippen LogP contribution in [0.15, 0.2) is 0 Å². The van der Waals surface area contributed by atoms with Crippen LogP contribution in [0.4, 0.5) is 0 Å². The van der Waals surface area contributed by atoms with E-state index in [1.54, 1.807) is 0 Å². The van der Waals surface area contributed by atoms with Gasteiger partial charge in [-0.3, -0.25) is 0 Å². The van der Waals surface area contributed by atoms with Crippen LogP contribution in [-0.2, 0) is 0 Å². The van der Waals surface area contributed by atoms with Gasteiger partial charge in [0, 0.05) is 0 Å². The summed E-state index contributed by atoms with van der Waals surface area (Å²) in [5.74, 6) is 0. The van der Waals surface area contributed by atoms with E-state index >= 15 is 0 Å². The Balaban J connectivity index is -0.00000000500. The molecule has 6 heavy (non-hydrogen) atoms. The van der Waals surface area contributed by atoms with Crippen molar-refractivity contribution in [3.8, 4) is 0 Å². The summed E-state index contributed by atoms with van der Waals surface area (Å²) in [4.78, 5) is 0. The summed E-state index contributed by atoms with van der Waals surface area (Å²) in [6.45, 7) is 9.50. The second-order valence-electron chi connectivity index (χ2n) is 0. The third kappa shape index (κ3) is 176. The van der Waals surface area contributed by atoms with Gasteiger partial charge in [-0.05, 0) is 0 Å². The Labute approximate surface area is 80.0 Å². The van der Waals surface area contributed by atoms with Gasteiger partial charge in [0.05, 0.1) is 0 Å². The number of rotatable bonds is 0. The Morgan fingerprint density at radius 2 is 0.833 bits per heavy atom. The summed E-state index contributed by atoms with van der Waals surface area (Å²) in [6.07, 6.45) is 0. The third-order valence-corrected chi connectivity index (χ3v) is 0. The average Bonchev–Trinajstić information content (AvgIpc) is 1.50. The topological polar surface area (TPSA) is 84.1 Å². The Morgan fingerprint density at radius 1 is 0.833 bits per heavy atom. The summed E-state index contributed by atoms with van der Waals surface area (Å²) in [6, 6.07) is 0. The van der Waals surface area contributed by atoms with E-state index in [0.717, 1.165) is 0 Å². The molecule has 0 fully saturated rings. The molecule has 3 nitrogen and oxygen atoms in total. The molecule has 4 heteroatoms. The average molecular weight is 109 g/mol. The first-order valence-corrected chi connectivity index (χ1v) is 0.447. The summed E-state index contributed by atoms with van der Waals surface area (Å²) < 4.78 is 0. The maximum Gasteiger partial charge on any atom is 1.00 e. The number of hydrogen-bond donors (Lipinski definition) is 1. The van der Waals surface area contributed by atoms with E-state index in [4.69, 9.17) is 23.7 Å². The molecule has 28 valence electrons. The first-order valence-electron chi connectivity index (χ1n) is 0.447. The van der Waals surface area contributed by atoms with E-state index in [-0.39, 0.29) is 57.5 Å². The molecule has 0 aliphatic heterocycles. The largest absolute Gasteiger partial charge is 1.00 e. The quantitative estimate of drug-likeness (QED) is 0.277. The van der Waals surface area contributed by atoms with Crippen molar-refractivity contribution in [2.75, 3.05) is 0 Å². The van der Waals surface area contributed by atoms with Crippen molar-refractivity contribution in [2.45, 2.75) is 0 Å². The van der Waals surface area contributed by atoms with Crippen LogP contribution in [0.25, 0.3) is 0 Å². The molecule has 0 heterocycles. The van der Waals surface area contributed by atoms with Gasteiger partial charge in [0.25, 0.3) is 0 Å². The first kappa shape index (κ1) is 30.8. The maximum atomic E-state index is 6.25. The molecule has 0 rings (SSSR count). The minimum atomic E-state index is 0. The predicted octanol–water partition coefficient (Wildman–Crippen LogP) is -2.43. The van der Waals surface area contributed by atoms with Gasteiger partial charge in [-0.15, -0.1) is 0 Å².